The summed E-state index contributed by atoms with van der Waals surface area (Å²) < 4.78 is 2.19. The zero-order chi connectivity index (χ0) is 19.0. The second-order valence-electron chi connectivity index (χ2n) is 7.27. The van der Waals surface area contributed by atoms with Crippen LogP contribution in [0.2, 0.25) is 0 Å². The monoisotopic (exact) mass is 377 g/mol. The van der Waals surface area contributed by atoms with Crippen LogP contribution in [0.5, 0.6) is 0 Å². The predicted octanol–water partition coefficient (Wildman–Crippen LogP) is 5.25. The lowest BCUT2D eigenvalue weighted by atomic mass is 10.0. The average molecular weight is 378 g/mol. The van der Waals surface area contributed by atoms with Gasteiger partial charge in [-0.15, -0.1) is 10.2 Å². The van der Waals surface area contributed by atoms with Crippen LogP contribution in [-0.4, -0.2) is 20.5 Å². The number of thioether (sulfide) groups is 1. The second kappa shape index (κ2) is 7.31. The smallest absolute Gasteiger partial charge is 0.192 e. The molecule has 0 amide bonds. The fraction of sp³-hybridized carbons (Fsp3) is 0.318. The lowest BCUT2D eigenvalue weighted by Gasteiger charge is -2.17. The van der Waals surface area contributed by atoms with Gasteiger partial charge in [0.05, 0.1) is 0 Å². The molecule has 5 heteroatoms. The van der Waals surface area contributed by atoms with Gasteiger partial charge in [0.2, 0.25) is 0 Å². The van der Waals surface area contributed by atoms with E-state index in [-0.39, 0.29) is 11.0 Å². The summed E-state index contributed by atoms with van der Waals surface area (Å²) in [5.41, 5.74) is 4.06. The van der Waals surface area contributed by atoms with Crippen LogP contribution < -0.4 is 0 Å². The molecule has 0 aliphatic heterocycles. The van der Waals surface area contributed by atoms with Gasteiger partial charge < -0.3 is 4.57 Å². The first kappa shape index (κ1) is 18.0. The molecule has 4 nitrogen and oxygen atoms in total. The molecule has 0 saturated heterocycles. The number of aryl methyl sites for hydroxylation is 3. The molecule has 2 aromatic carbocycles. The maximum Gasteiger partial charge on any atom is 0.192 e. The Morgan fingerprint density at radius 1 is 0.963 bits per heavy atom. The summed E-state index contributed by atoms with van der Waals surface area (Å²) in [6, 6.07) is 16.5. The highest BCUT2D eigenvalue weighted by atomic mass is 32.2. The third kappa shape index (κ3) is 3.83. The molecule has 4 rings (SSSR count). The lowest BCUT2D eigenvalue weighted by Crippen LogP contribution is -2.11. The SMILES string of the molecule is Cc1ccc(C(=O)C(Sc2nnc(C)n2C2CC2)c2ccc(C)cc2)cc1. The minimum Gasteiger partial charge on any atom is -0.303 e. The summed E-state index contributed by atoms with van der Waals surface area (Å²) >= 11 is 1.51. The Morgan fingerprint density at radius 3 is 2.15 bits per heavy atom. The van der Waals surface area contributed by atoms with Gasteiger partial charge >= 0.3 is 0 Å². The summed E-state index contributed by atoms with van der Waals surface area (Å²) in [5.74, 6) is 1.03. The van der Waals surface area contributed by atoms with Gasteiger partial charge in [-0.3, -0.25) is 4.79 Å². The topological polar surface area (TPSA) is 47.8 Å². The van der Waals surface area contributed by atoms with Crippen molar-refractivity contribution in [2.75, 3.05) is 0 Å². The molecule has 1 aliphatic rings. The van der Waals surface area contributed by atoms with E-state index in [4.69, 9.17) is 0 Å². The Balaban J connectivity index is 1.71. The molecule has 1 heterocycles. The molecule has 3 aromatic rings. The Hall–Kier alpha value is -2.40. The van der Waals surface area contributed by atoms with E-state index in [9.17, 15) is 4.79 Å². The molecule has 1 saturated carbocycles. The van der Waals surface area contributed by atoms with Crippen LogP contribution in [0.1, 0.15) is 57.0 Å². The van der Waals surface area contributed by atoms with Crippen LogP contribution in [0.25, 0.3) is 0 Å². The number of hydrogen-bond acceptors (Lipinski definition) is 4. The molecule has 0 bridgehead atoms. The Kier molecular flexibility index (Phi) is 4.87. The van der Waals surface area contributed by atoms with Gasteiger partial charge in [0.15, 0.2) is 10.9 Å². The Bertz CT molecular complexity index is 956. The highest BCUT2D eigenvalue weighted by Gasteiger charge is 2.31. The first-order valence-corrected chi connectivity index (χ1v) is 10.2. The fourth-order valence-corrected chi connectivity index (χ4v) is 4.40. The van der Waals surface area contributed by atoms with E-state index in [1.165, 1.54) is 17.3 Å². The Morgan fingerprint density at radius 2 is 1.56 bits per heavy atom. The first-order valence-electron chi connectivity index (χ1n) is 9.28. The highest BCUT2D eigenvalue weighted by Crippen LogP contribution is 2.43. The van der Waals surface area contributed by atoms with Crippen molar-refractivity contribution in [1.82, 2.24) is 14.8 Å². The number of ketones is 1. The lowest BCUT2D eigenvalue weighted by molar-refractivity contribution is 0.0989. The molecule has 1 aliphatic carbocycles. The molecule has 0 N–H and O–H groups in total. The van der Waals surface area contributed by atoms with E-state index in [0.29, 0.717) is 6.04 Å². The zero-order valence-electron chi connectivity index (χ0n) is 15.8. The van der Waals surface area contributed by atoms with Crippen molar-refractivity contribution in [3.05, 3.63) is 76.6 Å². The summed E-state index contributed by atoms with van der Waals surface area (Å²) in [6.45, 7) is 6.07. The highest BCUT2D eigenvalue weighted by molar-refractivity contribution is 8.00. The van der Waals surface area contributed by atoms with E-state index >= 15 is 0 Å². The number of aromatic nitrogens is 3. The number of carbonyl (C=O) groups excluding carboxylic acids is 1. The molecule has 0 radical (unpaired) electrons. The standard InChI is InChI=1S/C22H23N3OS/c1-14-4-8-17(9-5-14)20(26)21(18-10-6-15(2)7-11-18)27-22-24-23-16(3)25(22)19-12-13-19/h4-11,19,21H,12-13H2,1-3H3. The maximum atomic E-state index is 13.4. The quantitative estimate of drug-likeness (QED) is 0.434. The minimum atomic E-state index is -0.339. The molecule has 1 fully saturated rings. The van der Waals surface area contributed by atoms with Crippen molar-refractivity contribution in [3.8, 4) is 0 Å². The Labute approximate surface area is 164 Å². The number of rotatable bonds is 6. The van der Waals surface area contributed by atoms with Gasteiger partial charge in [0, 0.05) is 11.6 Å². The fourth-order valence-electron chi connectivity index (χ4n) is 3.17. The summed E-state index contributed by atoms with van der Waals surface area (Å²) in [6.07, 6.45) is 2.32. The van der Waals surface area contributed by atoms with Crippen molar-refractivity contribution in [1.29, 1.82) is 0 Å². The van der Waals surface area contributed by atoms with Crippen molar-refractivity contribution in [2.45, 2.75) is 50.1 Å². The minimum absolute atomic E-state index is 0.104. The van der Waals surface area contributed by atoms with Crippen LogP contribution >= 0.6 is 11.8 Å². The molecule has 1 unspecified atom stereocenters. The number of benzene rings is 2. The van der Waals surface area contributed by atoms with Crippen molar-refractivity contribution in [3.63, 3.8) is 0 Å². The van der Waals surface area contributed by atoms with Crippen molar-refractivity contribution < 1.29 is 4.79 Å². The number of Topliss-reactive ketones (excluding diaryl/α,β-unsaturated/α-hetero) is 1. The molecule has 138 valence electrons. The molecule has 0 spiro atoms. The van der Waals surface area contributed by atoms with Gasteiger partial charge in [-0.2, -0.15) is 0 Å². The van der Waals surface area contributed by atoms with Crippen LogP contribution in [-0.2, 0) is 0 Å². The third-order valence-corrected chi connectivity index (χ3v) is 6.14. The van der Waals surface area contributed by atoms with Crippen LogP contribution in [0, 0.1) is 20.8 Å². The number of nitrogens with zero attached hydrogens (tertiary/aromatic N) is 3. The summed E-state index contributed by atoms with van der Waals surface area (Å²) in [4.78, 5) is 13.4. The predicted molar refractivity (Wildman–Crippen MR) is 108 cm³/mol. The number of hydrogen-bond donors (Lipinski definition) is 0. The van der Waals surface area contributed by atoms with E-state index in [1.54, 1.807) is 0 Å². The van der Waals surface area contributed by atoms with Gasteiger partial charge in [0.1, 0.15) is 11.1 Å². The summed E-state index contributed by atoms with van der Waals surface area (Å²) in [5, 5.41) is 9.13. The maximum absolute atomic E-state index is 13.4. The number of carbonyl (C=O) groups is 1. The van der Waals surface area contributed by atoms with E-state index in [1.807, 2.05) is 50.2 Å². The zero-order valence-corrected chi connectivity index (χ0v) is 16.7. The van der Waals surface area contributed by atoms with Crippen LogP contribution in [0.4, 0.5) is 0 Å². The van der Waals surface area contributed by atoms with Gasteiger partial charge in [-0.1, -0.05) is 71.4 Å². The normalized spacial score (nSPS) is 14.9. The van der Waals surface area contributed by atoms with Crippen LogP contribution in [0.15, 0.2) is 53.7 Å². The van der Waals surface area contributed by atoms with E-state index in [0.717, 1.165) is 40.5 Å². The van der Waals surface area contributed by atoms with E-state index < -0.39 is 0 Å². The molecule has 1 atom stereocenters. The van der Waals surface area contributed by atoms with E-state index in [2.05, 4.69) is 33.8 Å². The summed E-state index contributed by atoms with van der Waals surface area (Å²) in [7, 11) is 0. The van der Waals surface area contributed by atoms with Gasteiger partial charge in [-0.25, -0.2) is 0 Å². The third-order valence-electron chi connectivity index (χ3n) is 4.92. The first-order chi connectivity index (χ1) is 13.0. The second-order valence-corrected chi connectivity index (χ2v) is 8.34. The van der Waals surface area contributed by atoms with Gasteiger partial charge in [-0.05, 0) is 39.2 Å². The molecule has 1 aromatic heterocycles. The van der Waals surface area contributed by atoms with Crippen molar-refractivity contribution >= 4 is 17.5 Å². The largest absolute Gasteiger partial charge is 0.303 e. The molecule has 27 heavy (non-hydrogen) atoms. The molecular weight excluding hydrogens is 354 g/mol. The van der Waals surface area contributed by atoms with Crippen molar-refractivity contribution in [2.24, 2.45) is 0 Å². The average Bonchev–Trinajstić information content (AvgIpc) is 3.43. The van der Waals surface area contributed by atoms with Gasteiger partial charge in [0.25, 0.3) is 0 Å². The molecular formula is C22H23N3OS. The van der Waals surface area contributed by atoms with Crippen LogP contribution in [0.3, 0.4) is 0 Å².